The van der Waals surface area contributed by atoms with Crippen LogP contribution in [0.3, 0.4) is 0 Å². The van der Waals surface area contributed by atoms with Gasteiger partial charge in [-0.25, -0.2) is 4.90 Å². The highest BCUT2D eigenvalue weighted by Gasteiger charge is 2.69. The SMILES string of the molecule is CCc1ccc(N2C(=O)C3C(c4ccccn4)NC(CO)(C(=O)O)C3C2=O)cc1. The quantitative estimate of drug-likeness (QED) is 0.644. The Balaban J connectivity index is 1.82. The van der Waals surface area contributed by atoms with E-state index >= 15 is 0 Å². The predicted molar refractivity (Wildman–Crippen MR) is 103 cm³/mol. The number of fused-ring (bicyclic) bond motifs is 1. The highest BCUT2D eigenvalue weighted by Crippen LogP contribution is 2.49. The topological polar surface area (TPSA) is 120 Å². The first-order chi connectivity index (χ1) is 13.9. The summed E-state index contributed by atoms with van der Waals surface area (Å²) in [6, 6.07) is 11.3. The van der Waals surface area contributed by atoms with E-state index in [1.54, 1.807) is 30.3 Å². The number of aliphatic hydroxyl groups excluding tert-OH is 1. The van der Waals surface area contributed by atoms with Crippen LogP contribution in [-0.2, 0) is 20.8 Å². The first-order valence-electron chi connectivity index (χ1n) is 9.44. The van der Waals surface area contributed by atoms with Crippen molar-refractivity contribution in [1.82, 2.24) is 10.3 Å². The molecule has 0 aliphatic carbocycles. The minimum Gasteiger partial charge on any atom is -0.480 e. The van der Waals surface area contributed by atoms with Crippen molar-refractivity contribution in [2.24, 2.45) is 11.8 Å². The number of aliphatic hydroxyl groups is 1. The molecule has 150 valence electrons. The lowest BCUT2D eigenvalue weighted by atomic mass is 9.80. The Kier molecular flexibility index (Phi) is 4.68. The molecule has 2 saturated heterocycles. The standard InChI is InChI=1S/C21H21N3O5/c1-2-12-6-8-13(9-7-12)24-18(26)15-16(19(24)27)21(11-25,20(28)29)23-17(15)14-5-3-4-10-22-14/h3-10,15-17,23,25H,2,11H2,1H3,(H,28,29). The number of carboxylic acid groups (broad SMARTS) is 1. The maximum atomic E-state index is 13.3. The number of imide groups is 1. The predicted octanol–water partition coefficient (Wildman–Crippen LogP) is 0.910. The van der Waals surface area contributed by atoms with Gasteiger partial charge in [-0.15, -0.1) is 0 Å². The third kappa shape index (κ3) is 2.75. The normalized spacial score (nSPS) is 28.6. The molecule has 0 radical (unpaired) electrons. The number of carbonyl (C=O) groups excluding carboxylic acids is 2. The molecular formula is C21H21N3O5. The van der Waals surface area contributed by atoms with Gasteiger partial charge in [-0.1, -0.05) is 25.1 Å². The van der Waals surface area contributed by atoms with Gasteiger partial charge < -0.3 is 10.2 Å². The molecule has 4 unspecified atom stereocenters. The molecule has 8 heteroatoms. The summed E-state index contributed by atoms with van der Waals surface area (Å²) in [7, 11) is 0. The number of amides is 2. The second kappa shape index (κ2) is 7.06. The first-order valence-corrected chi connectivity index (χ1v) is 9.44. The minimum atomic E-state index is -1.96. The summed E-state index contributed by atoms with van der Waals surface area (Å²) in [4.78, 5) is 44.0. The van der Waals surface area contributed by atoms with Gasteiger partial charge in [0.1, 0.15) is 0 Å². The van der Waals surface area contributed by atoms with E-state index in [1.165, 1.54) is 6.20 Å². The van der Waals surface area contributed by atoms with Crippen molar-refractivity contribution >= 4 is 23.5 Å². The number of hydrogen-bond acceptors (Lipinski definition) is 6. The fourth-order valence-electron chi connectivity index (χ4n) is 4.36. The van der Waals surface area contributed by atoms with E-state index < -0.39 is 47.8 Å². The molecule has 0 saturated carbocycles. The van der Waals surface area contributed by atoms with Gasteiger partial charge in [-0.2, -0.15) is 0 Å². The maximum Gasteiger partial charge on any atom is 0.327 e. The van der Waals surface area contributed by atoms with Crippen LogP contribution in [0, 0.1) is 11.8 Å². The van der Waals surface area contributed by atoms with Gasteiger partial charge in [0, 0.05) is 6.20 Å². The van der Waals surface area contributed by atoms with Crippen molar-refractivity contribution in [2.75, 3.05) is 11.5 Å². The second-order valence-electron chi connectivity index (χ2n) is 7.35. The van der Waals surface area contributed by atoms with Crippen molar-refractivity contribution in [3.05, 3.63) is 59.9 Å². The molecule has 2 aliphatic rings. The Bertz CT molecular complexity index is 962. The number of pyridine rings is 1. The van der Waals surface area contributed by atoms with E-state index in [-0.39, 0.29) is 0 Å². The van der Waals surface area contributed by atoms with Crippen molar-refractivity contribution in [3.8, 4) is 0 Å². The monoisotopic (exact) mass is 395 g/mol. The zero-order valence-corrected chi connectivity index (χ0v) is 15.8. The van der Waals surface area contributed by atoms with E-state index in [0.717, 1.165) is 16.9 Å². The van der Waals surface area contributed by atoms with Crippen LogP contribution in [0.5, 0.6) is 0 Å². The fourth-order valence-corrected chi connectivity index (χ4v) is 4.36. The molecular weight excluding hydrogens is 374 g/mol. The van der Waals surface area contributed by atoms with Crippen molar-refractivity contribution in [2.45, 2.75) is 24.9 Å². The summed E-state index contributed by atoms with van der Waals surface area (Å²) in [6.07, 6.45) is 2.35. The zero-order valence-electron chi connectivity index (χ0n) is 15.8. The molecule has 0 spiro atoms. The third-order valence-electron chi connectivity index (χ3n) is 5.89. The lowest BCUT2D eigenvalue weighted by molar-refractivity contribution is -0.150. The van der Waals surface area contributed by atoms with Crippen LogP contribution in [0.15, 0.2) is 48.7 Å². The number of benzene rings is 1. The van der Waals surface area contributed by atoms with E-state index in [9.17, 15) is 24.6 Å². The smallest absolute Gasteiger partial charge is 0.327 e. The molecule has 2 aliphatic heterocycles. The van der Waals surface area contributed by atoms with E-state index in [2.05, 4.69) is 10.3 Å². The number of anilines is 1. The number of carbonyl (C=O) groups is 3. The van der Waals surface area contributed by atoms with E-state index in [4.69, 9.17) is 0 Å². The highest BCUT2D eigenvalue weighted by atomic mass is 16.4. The highest BCUT2D eigenvalue weighted by molar-refractivity contribution is 6.24. The Labute approximate surface area is 167 Å². The lowest BCUT2D eigenvalue weighted by Crippen LogP contribution is -2.58. The van der Waals surface area contributed by atoms with Crippen LogP contribution in [0.25, 0.3) is 0 Å². The number of carboxylic acids is 1. The first kappa shape index (κ1) is 19.2. The average molecular weight is 395 g/mol. The Morgan fingerprint density at radius 3 is 2.45 bits per heavy atom. The van der Waals surface area contributed by atoms with Crippen molar-refractivity contribution in [3.63, 3.8) is 0 Å². The molecule has 4 atom stereocenters. The van der Waals surface area contributed by atoms with Crippen LogP contribution in [0.1, 0.15) is 24.2 Å². The number of aromatic nitrogens is 1. The van der Waals surface area contributed by atoms with Gasteiger partial charge in [-0.05, 0) is 36.2 Å². The maximum absolute atomic E-state index is 13.3. The molecule has 2 aromatic rings. The largest absolute Gasteiger partial charge is 0.480 e. The van der Waals surface area contributed by atoms with Gasteiger partial charge in [0.25, 0.3) is 0 Å². The van der Waals surface area contributed by atoms with Gasteiger partial charge in [0.15, 0.2) is 5.54 Å². The molecule has 8 nitrogen and oxygen atoms in total. The minimum absolute atomic E-state index is 0.392. The Morgan fingerprint density at radius 1 is 1.17 bits per heavy atom. The van der Waals surface area contributed by atoms with Gasteiger partial charge in [-0.3, -0.25) is 24.7 Å². The van der Waals surface area contributed by atoms with Crippen LogP contribution in [0.2, 0.25) is 0 Å². The van der Waals surface area contributed by atoms with Gasteiger partial charge in [0.2, 0.25) is 11.8 Å². The molecule has 1 aromatic heterocycles. The van der Waals surface area contributed by atoms with E-state index in [1.807, 2.05) is 19.1 Å². The number of hydrogen-bond donors (Lipinski definition) is 3. The Morgan fingerprint density at radius 2 is 1.90 bits per heavy atom. The molecule has 4 rings (SSSR count). The summed E-state index contributed by atoms with van der Waals surface area (Å²) in [6.45, 7) is 1.17. The van der Waals surface area contributed by atoms with Crippen molar-refractivity contribution in [1.29, 1.82) is 0 Å². The van der Waals surface area contributed by atoms with Gasteiger partial charge in [0.05, 0.1) is 35.9 Å². The molecule has 3 heterocycles. The molecule has 2 fully saturated rings. The molecule has 2 amide bonds. The molecule has 29 heavy (non-hydrogen) atoms. The number of rotatable bonds is 5. The van der Waals surface area contributed by atoms with Crippen LogP contribution < -0.4 is 10.2 Å². The van der Waals surface area contributed by atoms with Crippen LogP contribution in [-0.4, -0.2) is 45.1 Å². The fraction of sp³-hybridized carbons (Fsp3) is 0.333. The lowest BCUT2D eigenvalue weighted by Gasteiger charge is -2.29. The third-order valence-corrected chi connectivity index (χ3v) is 5.89. The zero-order chi connectivity index (χ0) is 20.8. The summed E-state index contributed by atoms with van der Waals surface area (Å²) < 4.78 is 0. The summed E-state index contributed by atoms with van der Waals surface area (Å²) in [5, 5.41) is 22.7. The molecule has 0 bridgehead atoms. The summed E-state index contributed by atoms with van der Waals surface area (Å²) in [5.41, 5.74) is -0.0687. The van der Waals surface area contributed by atoms with Crippen molar-refractivity contribution < 1.29 is 24.6 Å². The number of aryl methyl sites for hydroxylation is 1. The number of nitrogens with zero attached hydrogens (tertiary/aromatic N) is 2. The molecule has 1 aromatic carbocycles. The van der Waals surface area contributed by atoms with Gasteiger partial charge >= 0.3 is 5.97 Å². The molecule has 3 N–H and O–H groups in total. The number of nitrogens with one attached hydrogen (secondary N) is 1. The summed E-state index contributed by atoms with van der Waals surface area (Å²) >= 11 is 0. The van der Waals surface area contributed by atoms with Crippen LogP contribution in [0.4, 0.5) is 5.69 Å². The van der Waals surface area contributed by atoms with Crippen LogP contribution >= 0.6 is 0 Å². The summed E-state index contributed by atoms with van der Waals surface area (Å²) in [5.74, 6) is -4.73. The number of aliphatic carboxylic acids is 1. The average Bonchev–Trinajstić information content (AvgIpc) is 3.23. The Hall–Kier alpha value is -3.10. The second-order valence-corrected chi connectivity index (χ2v) is 7.35. The van der Waals surface area contributed by atoms with E-state index in [0.29, 0.717) is 11.4 Å².